The molecule has 0 aliphatic carbocycles. The van der Waals surface area contributed by atoms with Gasteiger partial charge in [-0.15, -0.1) is 0 Å². The van der Waals surface area contributed by atoms with Gasteiger partial charge in [0.05, 0.1) is 17.1 Å². The summed E-state index contributed by atoms with van der Waals surface area (Å²) < 4.78 is 13.7. The van der Waals surface area contributed by atoms with Crippen molar-refractivity contribution in [3.05, 3.63) is 16.9 Å². The zero-order chi connectivity index (χ0) is 12.5. The van der Waals surface area contributed by atoms with E-state index in [0.717, 1.165) is 4.90 Å². The number of carbonyl (C=O) groups is 1. The molecule has 5 N–H and O–H groups in total. The fourth-order valence-electron chi connectivity index (χ4n) is 1.33. The van der Waals surface area contributed by atoms with Crippen molar-refractivity contribution < 1.29 is 14.3 Å². The molecule has 0 aliphatic heterocycles. The van der Waals surface area contributed by atoms with Crippen LogP contribution in [0.1, 0.15) is 0 Å². The van der Waals surface area contributed by atoms with Gasteiger partial charge in [0, 0.05) is 7.05 Å². The van der Waals surface area contributed by atoms with Gasteiger partial charge in [-0.25, -0.2) is 4.39 Å². The van der Waals surface area contributed by atoms with Crippen molar-refractivity contribution in [1.82, 2.24) is 0 Å². The smallest absolute Gasteiger partial charge is 0.323 e. The van der Waals surface area contributed by atoms with Crippen LogP contribution in [0.25, 0.3) is 0 Å². The van der Waals surface area contributed by atoms with Crippen molar-refractivity contribution in [3.63, 3.8) is 0 Å². The summed E-state index contributed by atoms with van der Waals surface area (Å²) in [7, 11) is 1.40. The molecule has 0 heterocycles. The van der Waals surface area contributed by atoms with Crippen LogP contribution in [0.2, 0.25) is 5.02 Å². The lowest BCUT2D eigenvalue weighted by atomic mass is 10.2. The standard InChI is InChI=1S/C9H11ClFN3O2/c1-14(3-6(15)16)9-5(13)2-4(12)7(10)8(9)11/h2H,3,12-13H2,1H3,(H,15,16). The van der Waals surface area contributed by atoms with Crippen LogP contribution in [0.15, 0.2) is 6.07 Å². The summed E-state index contributed by atoms with van der Waals surface area (Å²) in [5, 5.41) is 8.33. The average molecular weight is 248 g/mol. The minimum Gasteiger partial charge on any atom is -0.480 e. The Balaban J connectivity index is 3.23. The van der Waals surface area contributed by atoms with E-state index in [0.29, 0.717) is 0 Å². The highest BCUT2D eigenvalue weighted by molar-refractivity contribution is 6.33. The van der Waals surface area contributed by atoms with Crippen molar-refractivity contribution >= 4 is 34.6 Å². The Bertz CT molecular complexity index is 439. The number of nitrogen functional groups attached to an aromatic ring is 2. The predicted octanol–water partition coefficient (Wildman–Crippen LogP) is 1.16. The lowest BCUT2D eigenvalue weighted by molar-refractivity contribution is -0.135. The van der Waals surface area contributed by atoms with Crippen LogP contribution in [-0.4, -0.2) is 24.7 Å². The Kier molecular flexibility index (Phi) is 3.44. The number of hydrogen-bond donors (Lipinski definition) is 3. The molecular formula is C9H11ClFN3O2. The number of anilines is 3. The van der Waals surface area contributed by atoms with Crippen LogP contribution in [0.3, 0.4) is 0 Å². The third-order valence-electron chi connectivity index (χ3n) is 1.99. The fourth-order valence-corrected chi connectivity index (χ4v) is 1.47. The molecule has 0 amide bonds. The molecule has 88 valence electrons. The molecule has 5 nitrogen and oxygen atoms in total. The second kappa shape index (κ2) is 4.44. The average Bonchev–Trinajstić information content (AvgIpc) is 2.13. The maximum absolute atomic E-state index is 13.7. The SMILES string of the molecule is CN(CC(=O)O)c1c(N)cc(N)c(Cl)c1F. The largest absolute Gasteiger partial charge is 0.480 e. The van der Waals surface area contributed by atoms with Gasteiger partial charge in [-0.2, -0.15) is 0 Å². The summed E-state index contributed by atoms with van der Waals surface area (Å²) in [6.07, 6.45) is 0. The van der Waals surface area contributed by atoms with Gasteiger partial charge in [0.15, 0.2) is 5.82 Å². The molecule has 0 aliphatic rings. The number of hydrogen-bond acceptors (Lipinski definition) is 4. The molecule has 0 spiro atoms. The van der Waals surface area contributed by atoms with Crippen LogP contribution < -0.4 is 16.4 Å². The maximum atomic E-state index is 13.7. The monoisotopic (exact) mass is 247 g/mol. The number of aliphatic carboxylic acids is 1. The number of likely N-dealkylation sites (N-methyl/N-ethyl adjacent to an activating group) is 1. The summed E-state index contributed by atoms with van der Waals surface area (Å²) in [6.45, 7) is -0.388. The van der Waals surface area contributed by atoms with Crippen molar-refractivity contribution in [2.24, 2.45) is 0 Å². The third kappa shape index (κ3) is 2.27. The molecule has 0 radical (unpaired) electrons. The lowest BCUT2D eigenvalue weighted by Gasteiger charge is -2.20. The van der Waals surface area contributed by atoms with E-state index in [1.807, 2.05) is 0 Å². The highest BCUT2D eigenvalue weighted by Crippen LogP contribution is 2.35. The number of rotatable bonds is 3. The van der Waals surface area contributed by atoms with Gasteiger partial charge in [-0.3, -0.25) is 4.79 Å². The van der Waals surface area contributed by atoms with Gasteiger partial charge in [0.2, 0.25) is 0 Å². The topological polar surface area (TPSA) is 92.6 Å². The zero-order valence-corrected chi connectivity index (χ0v) is 9.25. The molecule has 0 saturated heterocycles. The van der Waals surface area contributed by atoms with E-state index in [2.05, 4.69) is 0 Å². The molecule has 16 heavy (non-hydrogen) atoms. The number of nitrogens with zero attached hydrogens (tertiary/aromatic N) is 1. The van der Waals surface area contributed by atoms with E-state index in [4.69, 9.17) is 28.2 Å². The molecule has 0 bridgehead atoms. The Morgan fingerprint density at radius 1 is 1.56 bits per heavy atom. The summed E-state index contributed by atoms with van der Waals surface area (Å²) in [5.41, 5.74) is 11.0. The molecular weight excluding hydrogens is 237 g/mol. The van der Waals surface area contributed by atoms with E-state index in [-0.39, 0.29) is 28.6 Å². The Labute approximate surface area is 96.4 Å². The van der Waals surface area contributed by atoms with E-state index in [1.165, 1.54) is 13.1 Å². The molecule has 0 aromatic heterocycles. The summed E-state index contributed by atoms with van der Waals surface area (Å²) >= 11 is 5.61. The van der Waals surface area contributed by atoms with Crippen molar-refractivity contribution in [1.29, 1.82) is 0 Å². The number of nitrogens with two attached hydrogens (primary N) is 2. The minimum absolute atomic E-state index is 0.0177. The van der Waals surface area contributed by atoms with Crippen molar-refractivity contribution in [3.8, 4) is 0 Å². The Hall–Kier alpha value is -1.69. The van der Waals surface area contributed by atoms with Crippen LogP contribution >= 0.6 is 11.6 Å². The molecule has 0 saturated carbocycles. The van der Waals surface area contributed by atoms with Gasteiger partial charge in [-0.05, 0) is 6.07 Å². The first-order valence-electron chi connectivity index (χ1n) is 4.30. The molecule has 0 fully saturated rings. The van der Waals surface area contributed by atoms with Gasteiger partial charge in [0.25, 0.3) is 0 Å². The quantitative estimate of drug-likeness (QED) is 0.697. The molecule has 0 unspecified atom stereocenters. The number of carboxylic acids is 1. The lowest BCUT2D eigenvalue weighted by Crippen LogP contribution is -2.27. The van der Waals surface area contributed by atoms with Crippen LogP contribution in [0.4, 0.5) is 21.5 Å². The van der Waals surface area contributed by atoms with E-state index in [1.54, 1.807) is 0 Å². The van der Waals surface area contributed by atoms with Crippen molar-refractivity contribution in [2.45, 2.75) is 0 Å². The maximum Gasteiger partial charge on any atom is 0.323 e. The van der Waals surface area contributed by atoms with Crippen LogP contribution in [-0.2, 0) is 4.79 Å². The minimum atomic E-state index is -1.10. The molecule has 1 aromatic carbocycles. The Morgan fingerprint density at radius 2 is 2.12 bits per heavy atom. The predicted molar refractivity (Wildman–Crippen MR) is 61.1 cm³/mol. The molecule has 0 atom stereocenters. The third-order valence-corrected chi connectivity index (χ3v) is 2.38. The number of benzene rings is 1. The normalized spacial score (nSPS) is 10.2. The molecule has 7 heteroatoms. The number of carboxylic acid groups (broad SMARTS) is 1. The van der Waals surface area contributed by atoms with Gasteiger partial charge in [-0.1, -0.05) is 11.6 Å². The fraction of sp³-hybridized carbons (Fsp3) is 0.222. The number of halogens is 2. The van der Waals surface area contributed by atoms with Crippen LogP contribution in [0.5, 0.6) is 0 Å². The van der Waals surface area contributed by atoms with Crippen LogP contribution in [0, 0.1) is 5.82 Å². The first-order chi connectivity index (χ1) is 7.34. The van der Waals surface area contributed by atoms with Gasteiger partial charge >= 0.3 is 5.97 Å². The summed E-state index contributed by atoms with van der Waals surface area (Å²) in [5.74, 6) is -1.92. The molecule has 1 rings (SSSR count). The highest BCUT2D eigenvalue weighted by Gasteiger charge is 2.18. The zero-order valence-electron chi connectivity index (χ0n) is 8.50. The first-order valence-corrected chi connectivity index (χ1v) is 4.68. The van der Waals surface area contributed by atoms with Gasteiger partial charge in [0.1, 0.15) is 11.6 Å². The second-order valence-corrected chi connectivity index (χ2v) is 3.66. The summed E-state index contributed by atoms with van der Waals surface area (Å²) in [6, 6.07) is 1.29. The van der Waals surface area contributed by atoms with E-state index in [9.17, 15) is 9.18 Å². The Morgan fingerprint density at radius 3 is 2.62 bits per heavy atom. The van der Waals surface area contributed by atoms with E-state index >= 15 is 0 Å². The molecule has 1 aromatic rings. The van der Waals surface area contributed by atoms with E-state index < -0.39 is 11.8 Å². The first kappa shape index (κ1) is 12.4. The van der Waals surface area contributed by atoms with Gasteiger partial charge < -0.3 is 21.5 Å². The highest BCUT2D eigenvalue weighted by atomic mass is 35.5. The summed E-state index contributed by atoms with van der Waals surface area (Å²) in [4.78, 5) is 11.6. The van der Waals surface area contributed by atoms with Crippen molar-refractivity contribution in [2.75, 3.05) is 30.0 Å². The second-order valence-electron chi connectivity index (χ2n) is 3.28.